The van der Waals surface area contributed by atoms with Gasteiger partial charge >= 0.3 is 0 Å². The number of carbonyl (C=O) groups is 1. The SMILES string of the molecule is CC(C)(C)C(O)C(=O)[O-]. The van der Waals surface area contributed by atoms with Crippen LogP contribution in [0.15, 0.2) is 0 Å². The maximum Gasteiger partial charge on any atom is 0.0981 e. The van der Waals surface area contributed by atoms with Gasteiger partial charge < -0.3 is 15.0 Å². The Labute approximate surface area is 54.3 Å². The summed E-state index contributed by atoms with van der Waals surface area (Å²) < 4.78 is 0. The quantitative estimate of drug-likeness (QED) is 0.504. The maximum atomic E-state index is 9.98. The lowest BCUT2D eigenvalue weighted by atomic mass is 9.89. The fourth-order valence-electron chi connectivity index (χ4n) is 0.354. The van der Waals surface area contributed by atoms with Crippen LogP contribution >= 0.6 is 0 Å². The number of carbonyl (C=O) groups excluding carboxylic acids is 1. The summed E-state index contributed by atoms with van der Waals surface area (Å²) in [6.45, 7) is 4.90. The molecule has 0 aliphatic rings. The van der Waals surface area contributed by atoms with Gasteiger partial charge in [0.1, 0.15) is 0 Å². The molecule has 3 nitrogen and oxygen atoms in total. The van der Waals surface area contributed by atoms with Gasteiger partial charge in [0, 0.05) is 0 Å². The molecule has 0 aromatic carbocycles. The van der Waals surface area contributed by atoms with Crippen molar-refractivity contribution < 1.29 is 15.0 Å². The van der Waals surface area contributed by atoms with Crippen molar-refractivity contribution in [2.45, 2.75) is 26.9 Å². The molecule has 0 aliphatic heterocycles. The molecule has 1 atom stereocenters. The molecule has 0 heterocycles. The minimum Gasteiger partial charge on any atom is -0.547 e. The number of carboxylic acid groups (broad SMARTS) is 1. The van der Waals surface area contributed by atoms with Gasteiger partial charge in [-0.15, -0.1) is 0 Å². The number of hydrogen-bond acceptors (Lipinski definition) is 3. The lowest BCUT2D eigenvalue weighted by Gasteiger charge is -2.25. The Kier molecular flexibility index (Phi) is 2.20. The van der Waals surface area contributed by atoms with Crippen molar-refractivity contribution in [2.75, 3.05) is 0 Å². The summed E-state index contributed by atoms with van der Waals surface area (Å²) in [5.41, 5.74) is -0.626. The van der Waals surface area contributed by atoms with Crippen molar-refractivity contribution in [3.63, 3.8) is 0 Å². The lowest BCUT2D eigenvalue weighted by molar-refractivity contribution is -0.318. The van der Waals surface area contributed by atoms with Crippen molar-refractivity contribution in [2.24, 2.45) is 5.41 Å². The molecule has 0 aromatic heterocycles. The predicted molar refractivity (Wildman–Crippen MR) is 30.5 cm³/mol. The van der Waals surface area contributed by atoms with Crippen LogP contribution in [0.4, 0.5) is 0 Å². The first-order chi connectivity index (χ1) is 3.85. The van der Waals surface area contributed by atoms with Crippen LogP contribution in [0.25, 0.3) is 0 Å². The van der Waals surface area contributed by atoms with Crippen LogP contribution in [-0.4, -0.2) is 17.2 Å². The molecule has 0 aliphatic carbocycles. The molecule has 0 amide bonds. The zero-order chi connectivity index (χ0) is 7.65. The van der Waals surface area contributed by atoms with E-state index in [-0.39, 0.29) is 0 Å². The van der Waals surface area contributed by atoms with E-state index < -0.39 is 17.5 Å². The molecule has 1 N–H and O–H groups in total. The van der Waals surface area contributed by atoms with Crippen molar-refractivity contribution in [1.82, 2.24) is 0 Å². The van der Waals surface area contributed by atoms with E-state index in [2.05, 4.69) is 0 Å². The summed E-state index contributed by atoms with van der Waals surface area (Å²) in [4.78, 5) is 9.98. The van der Waals surface area contributed by atoms with Crippen LogP contribution in [-0.2, 0) is 4.79 Å². The molecule has 0 rings (SSSR count). The number of aliphatic hydroxyl groups excluding tert-OH is 1. The molecule has 0 bridgehead atoms. The second kappa shape index (κ2) is 2.35. The number of aliphatic hydroxyl groups is 1. The molecule has 0 saturated heterocycles. The van der Waals surface area contributed by atoms with Gasteiger partial charge in [-0.25, -0.2) is 0 Å². The van der Waals surface area contributed by atoms with Crippen LogP contribution in [0, 0.1) is 5.41 Å². The van der Waals surface area contributed by atoms with E-state index in [0.717, 1.165) is 0 Å². The Morgan fingerprint density at radius 2 is 1.89 bits per heavy atom. The summed E-state index contributed by atoms with van der Waals surface area (Å²) in [7, 11) is 0. The van der Waals surface area contributed by atoms with Gasteiger partial charge in [0.05, 0.1) is 12.1 Å². The summed E-state index contributed by atoms with van der Waals surface area (Å²) in [6.07, 6.45) is -1.38. The van der Waals surface area contributed by atoms with Gasteiger partial charge in [-0.05, 0) is 5.41 Å². The fourth-order valence-corrected chi connectivity index (χ4v) is 0.354. The second-order valence-corrected chi connectivity index (χ2v) is 3.09. The number of aliphatic carboxylic acids is 1. The molecule has 3 heteroatoms. The first-order valence-corrected chi connectivity index (χ1v) is 2.74. The molecule has 0 saturated carbocycles. The number of rotatable bonds is 1. The summed E-state index contributed by atoms with van der Waals surface area (Å²) in [5, 5.41) is 18.8. The van der Waals surface area contributed by atoms with Crippen LogP contribution < -0.4 is 5.11 Å². The Morgan fingerprint density at radius 3 is 1.89 bits per heavy atom. The zero-order valence-corrected chi connectivity index (χ0v) is 5.84. The third kappa shape index (κ3) is 2.46. The minimum atomic E-state index is -1.41. The number of hydrogen-bond donors (Lipinski definition) is 1. The predicted octanol–water partition coefficient (Wildman–Crippen LogP) is -0.857. The standard InChI is InChI=1S/C6H12O3/c1-6(2,3)4(7)5(8)9/h4,7H,1-3H3,(H,8,9)/p-1. The molecule has 0 spiro atoms. The van der Waals surface area contributed by atoms with Crippen molar-refractivity contribution in [3.8, 4) is 0 Å². The molecule has 0 radical (unpaired) electrons. The van der Waals surface area contributed by atoms with Crippen LogP contribution in [0.5, 0.6) is 0 Å². The highest BCUT2D eigenvalue weighted by Crippen LogP contribution is 2.17. The average molecular weight is 131 g/mol. The van der Waals surface area contributed by atoms with E-state index in [4.69, 9.17) is 5.11 Å². The maximum absolute atomic E-state index is 9.98. The molecule has 0 aromatic rings. The molecular weight excluding hydrogens is 120 g/mol. The first-order valence-electron chi connectivity index (χ1n) is 2.74. The van der Waals surface area contributed by atoms with Crippen molar-refractivity contribution in [1.29, 1.82) is 0 Å². The van der Waals surface area contributed by atoms with Gasteiger partial charge in [-0.3, -0.25) is 0 Å². The largest absolute Gasteiger partial charge is 0.547 e. The number of carboxylic acids is 1. The van der Waals surface area contributed by atoms with E-state index in [9.17, 15) is 9.90 Å². The summed E-state index contributed by atoms with van der Waals surface area (Å²) >= 11 is 0. The molecular formula is C6H11O3-. The van der Waals surface area contributed by atoms with Gasteiger partial charge in [-0.1, -0.05) is 20.8 Å². The Bertz CT molecular complexity index is 112. The topological polar surface area (TPSA) is 60.4 Å². The summed E-state index contributed by atoms with van der Waals surface area (Å²) in [6, 6.07) is 0. The van der Waals surface area contributed by atoms with Gasteiger partial charge in [0.25, 0.3) is 0 Å². The molecule has 9 heavy (non-hydrogen) atoms. The average Bonchev–Trinajstić information content (AvgIpc) is 1.62. The highest BCUT2D eigenvalue weighted by atomic mass is 16.4. The van der Waals surface area contributed by atoms with Crippen LogP contribution in [0.1, 0.15) is 20.8 Å². The van der Waals surface area contributed by atoms with E-state index in [1.54, 1.807) is 20.8 Å². The van der Waals surface area contributed by atoms with E-state index in [0.29, 0.717) is 0 Å². The Balaban J connectivity index is 4.04. The highest BCUT2D eigenvalue weighted by molar-refractivity contribution is 5.70. The summed E-state index contributed by atoms with van der Waals surface area (Å²) in [5.74, 6) is -1.41. The highest BCUT2D eigenvalue weighted by Gasteiger charge is 2.22. The fraction of sp³-hybridized carbons (Fsp3) is 0.833. The zero-order valence-electron chi connectivity index (χ0n) is 5.84. The van der Waals surface area contributed by atoms with Crippen LogP contribution in [0.2, 0.25) is 0 Å². The monoisotopic (exact) mass is 131 g/mol. The third-order valence-corrected chi connectivity index (χ3v) is 1.04. The first kappa shape index (κ1) is 8.43. The van der Waals surface area contributed by atoms with Crippen LogP contribution in [0.3, 0.4) is 0 Å². The minimum absolute atomic E-state index is 0.626. The lowest BCUT2D eigenvalue weighted by Crippen LogP contribution is -2.43. The van der Waals surface area contributed by atoms with E-state index >= 15 is 0 Å². The van der Waals surface area contributed by atoms with Crippen molar-refractivity contribution >= 4 is 5.97 Å². The molecule has 0 fully saturated rings. The normalized spacial score (nSPS) is 15.1. The third-order valence-electron chi connectivity index (χ3n) is 1.04. The van der Waals surface area contributed by atoms with Crippen molar-refractivity contribution in [3.05, 3.63) is 0 Å². The second-order valence-electron chi connectivity index (χ2n) is 3.09. The smallest absolute Gasteiger partial charge is 0.0981 e. The van der Waals surface area contributed by atoms with Gasteiger partial charge in [-0.2, -0.15) is 0 Å². The molecule has 1 unspecified atom stereocenters. The Hall–Kier alpha value is -0.570. The van der Waals surface area contributed by atoms with Gasteiger partial charge in [0.15, 0.2) is 0 Å². The molecule has 54 valence electrons. The van der Waals surface area contributed by atoms with E-state index in [1.165, 1.54) is 0 Å². The Morgan fingerprint density at radius 1 is 1.56 bits per heavy atom. The van der Waals surface area contributed by atoms with Gasteiger partial charge in [0.2, 0.25) is 0 Å². The van der Waals surface area contributed by atoms with E-state index in [1.807, 2.05) is 0 Å².